The second kappa shape index (κ2) is 5.63. The summed E-state index contributed by atoms with van der Waals surface area (Å²) in [6, 6.07) is 14.1. The summed E-state index contributed by atoms with van der Waals surface area (Å²) >= 11 is 0. The summed E-state index contributed by atoms with van der Waals surface area (Å²) in [5, 5.41) is 3.44. The minimum absolute atomic E-state index is 0.266. The molecular weight excluding hydrogens is 253 g/mol. The lowest BCUT2D eigenvalue weighted by atomic mass is 10.1. The zero-order chi connectivity index (χ0) is 13.9. The van der Waals surface area contributed by atoms with Crippen LogP contribution >= 0.6 is 0 Å². The van der Waals surface area contributed by atoms with E-state index in [1.54, 1.807) is 12.1 Å². The number of hydrogen-bond acceptors (Lipinski definition) is 2. The van der Waals surface area contributed by atoms with Crippen LogP contribution in [-0.4, -0.2) is 13.2 Å². The number of halogens is 1. The minimum Gasteiger partial charge on any atom is -0.494 e. The maximum Gasteiger partial charge on any atom is 0.169 e. The van der Waals surface area contributed by atoms with Crippen LogP contribution in [0.4, 0.5) is 4.39 Å². The first-order valence-corrected chi connectivity index (χ1v) is 6.89. The summed E-state index contributed by atoms with van der Waals surface area (Å²) in [4.78, 5) is 0. The molecule has 0 heterocycles. The molecule has 0 radical (unpaired) electrons. The fourth-order valence-electron chi connectivity index (χ4n) is 2.81. The molecule has 0 amide bonds. The Balaban J connectivity index is 1.64. The van der Waals surface area contributed by atoms with E-state index < -0.39 is 0 Å². The van der Waals surface area contributed by atoms with Crippen LogP contribution < -0.4 is 10.1 Å². The van der Waals surface area contributed by atoms with E-state index in [1.807, 2.05) is 6.07 Å². The highest BCUT2D eigenvalue weighted by Gasteiger charge is 2.20. The number of methoxy groups -OCH3 is 1. The third kappa shape index (κ3) is 2.54. The van der Waals surface area contributed by atoms with E-state index in [4.69, 9.17) is 4.74 Å². The molecule has 0 aliphatic heterocycles. The number of ether oxygens (including phenoxy) is 1. The maximum absolute atomic E-state index is 14.0. The maximum atomic E-state index is 14.0. The van der Waals surface area contributed by atoms with Gasteiger partial charge < -0.3 is 10.1 Å². The number of nitrogens with one attached hydrogen (secondary N) is 1. The molecule has 3 rings (SSSR count). The molecule has 0 atom stereocenters. The van der Waals surface area contributed by atoms with Gasteiger partial charge in [0.05, 0.1) is 7.11 Å². The molecule has 0 saturated carbocycles. The summed E-state index contributed by atoms with van der Waals surface area (Å²) < 4.78 is 19.1. The fraction of sp³-hybridized carbons (Fsp3) is 0.294. The van der Waals surface area contributed by atoms with E-state index in [2.05, 4.69) is 29.6 Å². The lowest BCUT2D eigenvalue weighted by Crippen LogP contribution is -2.29. The van der Waals surface area contributed by atoms with Gasteiger partial charge in [0.15, 0.2) is 11.6 Å². The SMILES string of the molecule is COc1cccc(CNC2Cc3ccccc3C2)c1F. The average Bonchev–Trinajstić information content (AvgIpc) is 2.89. The second-order valence-electron chi connectivity index (χ2n) is 5.19. The van der Waals surface area contributed by atoms with Crippen LogP contribution in [-0.2, 0) is 19.4 Å². The van der Waals surface area contributed by atoms with Crippen LogP contribution in [0.1, 0.15) is 16.7 Å². The molecule has 0 saturated heterocycles. The van der Waals surface area contributed by atoms with Crippen LogP contribution in [0.25, 0.3) is 0 Å². The summed E-state index contributed by atoms with van der Waals surface area (Å²) in [5.74, 6) is 0.0389. The molecule has 3 heteroatoms. The Hall–Kier alpha value is -1.87. The van der Waals surface area contributed by atoms with E-state index in [0.717, 1.165) is 12.8 Å². The van der Waals surface area contributed by atoms with E-state index in [9.17, 15) is 4.39 Å². The molecule has 1 aliphatic carbocycles. The van der Waals surface area contributed by atoms with E-state index in [1.165, 1.54) is 18.2 Å². The van der Waals surface area contributed by atoms with Crippen molar-refractivity contribution in [2.75, 3.05) is 7.11 Å². The molecule has 1 N–H and O–H groups in total. The summed E-state index contributed by atoms with van der Waals surface area (Å²) in [7, 11) is 1.49. The zero-order valence-corrected chi connectivity index (χ0v) is 11.5. The quantitative estimate of drug-likeness (QED) is 0.922. The number of hydrogen-bond donors (Lipinski definition) is 1. The monoisotopic (exact) mass is 271 g/mol. The van der Waals surface area contributed by atoms with Gasteiger partial charge in [-0.05, 0) is 30.0 Å². The molecule has 0 fully saturated rings. The predicted octanol–water partition coefficient (Wildman–Crippen LogP) is 3.09. The first kappa shape index (κ1) is 13.1. The Morgan fingerprint density at radius 1 is 1.10 bits per heavy atom. The van der Waals surface area contributed by atoms with Gasteiger partial charge in [0, 0.05) is 18.2 Å². The van der Waals surface area contributed by atoms with Crippen molar-refractivity contribution in [2.45, 2.75) is 25.4 Å². The first-order valence-electron chi connectivity index (χ1n) is 6.89. The van der Waals surface area contributed by atoms with Gasteiger partial charge in [-0.15, -0.1) is 0 Å². The van der Waals surface area contributed by atoms with Gasteiger partial charge in [0.25, 0.3) is 0 Å². The van der Waals surface area contributed by atoms with Crippen molar-refractivity contribution in [3.63, 3.8) is 0 Å². The lowest BCUT2D eigenvalue weighted by Gasteiger charge is -2.13. The Bertz CT molecular complexity index is 587. The fourth-order valence-corrected chi connectivity index (χ4v) is 2.81. The van der Waals surface area contributed by atoms with Gasteiger partial charge in [-0.2, -0.15) is 0 Å². The molecule has 20 heavy (non-hydrogen) atoms. The van der Waals surface area contributed by atoms with Crippen LogP contribution in [0.5, 0.6) is 5.75 Å². The molecule has 0 bridgehead atoms. The Morgan fingerprint density at radius 3 is 2.45 bits per heavy atom. The van der Waals surface area contributed by atoms with Crippen LogP contribution in [0.15, 0.2) is 42.5 Å². The van der Waals surface area contributed by atoms with Crippen molar-refractivity contribution in [3.05, 3.63) is 65.0 Å². The smallest absolute Gasteiger partial charge is 0.169 e. The predicted molar refractivity (Wildman–Crippen MR) is 77.4 cm³/mol. The number of rotatable bonds is 4. The molecule has 2 nitrogen and oxygen atoms in total. The summed E-state index contributed by atoms with van der Waals surface area (Å²) in [6.45, 7) is 0.529. The largest absolute Gasteiger partial charge is 0.494 e. The van der Waals surface area contributed by atoms with Crippen molar-refractivity contribution in [1.29, 1.82) is 0 Å². The highest BCUT2D eigenvalue weighted by Crippen LogP contribution is 2.23. The Labute approximate surface area is 118 Å². The normalized spacial score (nSPS) is 14.3. The van der Waals surface area contributed by atoms with Crippen LogP contribution in [0.2, 0.25) is 0 Å². The Kier molecular flexibility index (Phi) is 3.70. The van der Waals surface area contributed by atoms with Crippen molar-refractivity contribution >= 4 is 0 Å². The third-order valence-electron chi connectivity index (χ3n) is 3.90. The van der Waals surface area contributed by atoms with Crippen molar-refractivity contribution in [3.8, 4) is 5.75 Å². The molecule has 2 aromatic rings. The molecule has 1 aliphatic rings. The number of benzene rings is 2. The molecule has 2 aromatic carbocycles. The van der Waals surface area contributed by atoms with Crippen LogP contribution in [0, 0.1) is 5.82 Å². The van der Waals surface area contributed by atoms with Gasteiger partial charge in [0.1, 0.15) is 0 Å². The third-order valence-corrected chi connectivity index (χ3v) is 3.90. The van der Waals surface area contributed by atoms with Gasteiger partial charge in [-0.1, -0.05) is 36.4 Å². The number of fused-ring (bicyclic) bond motifs is 1. The summed E-state index contributed by atoms with van der Waals surface area (Å²) in [5.41, 5.74) is 3.45. The van der Waals surface area contributed by atoms with Crippen LogP contribution in [0.3, 0.4) is 0 Å². The molecule has 0 unspecified atom stereocenters. The molecule has 0 spiro atoms. The van der Waals surface area contributed by atoms with Crippen molar-refractivity contribution in [1.82, 2.24) is 5.32 Å². The minimum atomic E-state index is -0.266. The first-order chi connectivity index (χ1) is 9.78. The van der Waals surface area contributed by atoms with E-state index in [-0.39, 0.29) is 5.82 Å². The van der Waals surface area contributed by atoms with Gasteiger partial charge in [-0.3, -0.25) is 0 Å². The Morgan fingerprint density at radius 2 is 1.80 bits per heavy atom. The standard InChI is InChI=1S/C17H18FNO/c1-20-16-8-4-7-14(17(16)18)11-19-15-9-12-5-2-3-6-13(12)10-15/h2-8,15,19H,9-11H2,1H3. The van der Waals surface area contributed by atoms with Crippen molar-refractivity contribution in [2.24, 2.45) is 0 Å². The van der Waals surface area contributed by atoms with Crippen molar-refractivity contribution < 1.29 is 9.13 Å². The molecule has 104 valence electrons. The topological polar surface area (TPSA) is 21.3 Å². The highest BCUT2D eigenvalue weighted by atomic mass is 19.1. The molecule has 0 aromatic heterocycles. The van der Waals surface area contributed by atoms with E-state index in [0.29, 0.717) is 23.9 Å². The van der Waals surface area contributed by atoms with Gasteiger partial charge >= 0.3 is 0 Å². The summed E-state index contributed by atoms with van der Waals surface area (Å²) in [6.07, 6.45) is 2.03. The molecular formula is C17H18FNO. The zero-order valence-electron chi connectivity index (χ0n) is 11.5. The average molecular weight is 271 g/mol. The van der Waals surface area contributed by atoms with E-state index >= 15 is 0 Å². The second-order valence-corrected chi connectivity index (χ2v) is 5.19. The van der Waals surface area contributed by atoms with Gasteiger partial charge in [0.2, 0.25) is 0 Å². The highest BCUT2D eigenvalue weighted by molar-refractivity contribution is 5.34. The lowest BCUT2D eigenvalue weighted by molar-refractivity contribution is 0.382. The van der Waals surface area contributed by atoms with Gasteiger partial charge in [-0.25, -0.2) is 4.39 Å².